The van der Waals surface area contributed by atoms with Gasteiger partial charge in [-0.05, 0) is 25.0 Å². The first-order chi connectivity index (χ1) is 4.18. The molecule has 0 aromatic carbocycles. The van der Waals surface area contributed by atoms with Crippen LogP contribution in [0.2, 0.25) is 0 Å². The van der Waals surface area contributed by atoms with Crippen LogP contribution in [-0.2, 0) is 0 Å². The predicted octanol–water partition coefficient (Wildman–Crippen LogP) is 1.70. The summed E-state index contributed by atoms with van der Waals surface area (Å²) < 4.78 is 0. The predicted molar refractivity (Wildman–Crippen MR) is 43.4 cm³/mol. The molecule has 0 spiro atoms. The van der Waals surface area contributed by atoms with E-state index >= 15 is 0 Å². The van der Waals surface area contributed by atoms with Gasteiger partial charge < -0.3 is 5.32 Å². The maximum Gasteiger partial charge on any atom is 0.0508 e. The fourth-order valence-electron chi connectivity index (χ4n) is 0.974. The van der Waals surface area contributed by atoms with Crippen molar-refractivity contribution in [3.05, 3.63) is 21.7 Å². The Labute approximate surface area is 61.2 Å². The first kappa shape index (κ1) is 6.75. The molecule has 0 aliphatic heterocycles. The summed E-state index contributed by atoms with van der Waals surface area (Å²) in [5, 5.41) is 3.08. The molecule has 1 rings (SSSR count). The quantitative estimate of drug-likeness (QED) is 0.530. The second-order valence-electron chi connectivity index (χ2n) is 2.22. The molecule has 2 heteroatoms. The van der Waals surface area contributed by atoms with E-state index < -0.39 is 0 Å². The third-order valence-corrected chi connectivity index (χ3v) is 2.34. The van der Waals surface area contributed by atoms with Gasteiger partial charge >= 0.3 is 0 Å². The van der Waals surface area contributed by atoms with Crippen LogP contribution in [0.25, 0.3) is 0 Å². The van der Waals surface area contributed by atoms with Crippen molar-refractivity contribution in [2.45, 2.75) is 13.8 Å². The third-order valence-electron chi connectivity index (χ3n) is 1.78. The highest BCUT2D eigenvalue weighted by atomic mass is 32.1. The molecule has 50 valence electrons. The summed E-state index contributed by atoms with van der Waals surface area (Å²) in [6.07, 6.45) is 0. The molecule has 1 nitrogen and oxygen atoms in total. The molecule has 0 fully saturated rings. The molecule has 0 aromatic rings. The smallest absolute Gasteiger partial charge is 0.0508 e. The minimum atomic E-state index is 1.11. The molecule has 1 aliphatic carbocycles. The number of nitrogens with one attached hydrogen (secondary N) is 1. The van der Waals surface area contributed by atoms with Gasteiger partial charge in [-0.3, -0.25) is 0 Å². The van der Waals surface area contributed by atoms with Crippen LogP contribution in [0.15, 0.2) is 21.7 Å². The lowest BCUT2D eigenvalue weighted by Crippen LogP contribution is -2.16. The second-order valence-corrected chi connectivity index (χ2v) is 2.67. The van der Waals surface area contributed by atoms with E-state index in [1.54, 1.807) is 0 Å². The van der Waals surface area contributed by atoms with Gasteiger partial charge in [-0.1, -0.05) is 0 Å². The van der Waals surface area contributed by atoms with E-state index in [0.29, 0.717) is 0 Å². The highest BCUT2D eigenvalue weighted by Gasteiger charge is 2.17. The van der Waals surface area contributed by atoms with E-state index in [0.717, 1.165) is 4.91 Å². The van der Waals surface area contributed by atoms with Crippen molar-refractivity contribution in [3.63, 3.8) is 0 Å². The van der Waals surface area contributed by atoms with Crippen molar-refractivity contribution < 1.29 is 0 Å². The van der Waals surface area contributed by atoms with Crippen LogP contribution in [0.4, 0.5) is 0 Å². The van der Waals surface area contributed by atoms with E-state index in [1.807, 2.05) is 7.05 Å². The molecule has 0 saturated carbocycles. The van der Waals surface area contributed by atoms with Gasteiger partial charge in [0.15, 0.2) is 0 Å². The van der Waals surface area contributed by atoms with Gasteiger partial charge in [-0.25, -0.2) is 0 Å². The molecule has 0 heterocycles. The normalized spacial score (nSPS) is 18.2. The Morgan fingerprint density at radius 2 is 1.78 bits per heavy atom. The maximum absolute atomic E-state index is 4.27. The van der Waals surface area contributed by atoms with E-state index in [9.17, 15) is 0 Å². The maximum atomic E-state index is 4.27. The number of hydrogen-bond acceptors (Lipinski definition) is 2. The molecule has 0 aromatic heterocycles. The van der Waals surface area contributed by atoms with Gasteiger partial charge in [0.25, 0.3) is 0 Å². The Morgan fingerprint density at radius 3 is 2.00 bits per heavy atom. The van der Waals surface area contributed by atoms with Crippen LogP contribution in [0.1, 0.15) is 13.8 Å². The Hall–Kier alpha value is -0.370. The lowest BCUT2D eigenvalue weighted by molar-refractivity contribution is 0.955. The van der Waals surface area contributed by atoms with Crippen LogP contribution in [-0.4, -0.2) is 7.05 Å². The molecular formula is C7H11NS. The number of likely N-dealkylation sites (N-methyl/N-ethyl adjacent to an activating group) is 1. The zero-order valence-corrected chi connectivity index (χ0v) is 6.84. The molecule has 1 aliphatic rings. The average Bonchev–Trinajstić information content (AvgIpc) is 1.89. The van der Waals surface area contributed by atoms with E-state index in [-0.39, 0.29) is 0 Å². The third kappa shape index (κ3) is 0.778. The summed E-state index contributed by atoms with van der Waals surface area (Å²) in [5.74, 6) is 0. The fraction of sp³-hybridized carbons (Fsp3) is 0.429. The monoisotopic (exact) mass is 141 g/mol. The summed E-state index contributed by atoms with van der Waals surface area (Å²) in [6.45, 7) is 4.18. The first-order valence-electron chi connectivity index (χ1n) is 2.97. The Morgan fingerprint density at radius 1 is 1.22 bits per heavy atom. The van der Waals surface area contributed by atoms with Crippen molar-refractivity contribution in [1.29, 1.82) is 0 Å². The first-order valence-corrected chi connectivity index (χ1v) is 3.42. The Kier molecular flexibility index (Phi) is 1.58. The fourth-order valence-corrected chi connectivity index (χ4v) is 1.42. The van der Waals surface area contributed by atoms with Crippen LogP contribution >= 0.6 is 12.6 Å². The topological polar surface area (TPSA) is 12.0 Å². The molecule has 0 amide bonds. The number of hydrogen-bond donors (Lipinski definition) is 2. The van der Waals surface area contributed by atoms with Crippen LogP contribution in [0.5, 0.6) is 0 Å². The molecule has 1 N–H and O–H groups in total. The van der Waals surface area contributed by atoms with Gasteiger partial charge in [-0.2, -0.15) is 0 Å². The standard InChI is InChI=1S/C7H11NS/c1-4-5(2)7(9)6(4)8-3/h8-9H,1-3H3. The van der Waals surface area contributed by atoms with E-state index in [1.165, 1.54) is 16.8 Å². The zero-order valence-electron chi connectivity index (χ0n) is 5.95. The van der Waals surface area contributed by atoms with Crippen LogP contribution in [0.3, 0.4) is 0 Å². The molecule has 0 unspecified atom stereocenters. The van der Waals surface area contributed by atoms with Crippen LogP contribution in [0, 0.1) is 0 Å². The number of rotatable bonds is 1. The van der Waals surface area contributed by atoms with Crippen molar-refractivity contribution in [2.75, 3.05) is 7.05 Å². The van der Waals surface area contributed by atoms with E-state index in [2.05, 4.69) is 31.8 Å². The van der Waals surface area contributed by atoms with Gasteiger partial charge in [0, 0.05) is 12.0 Å². The number of thiol groups is 1. The summed E-state index contributed by atoms with van der Waals surface area (Å²) in [4.78, 5) is 1.11. The molecule has 0 radical (unpaired) electrons. The van der Waals surface area contributed by atoms with Crippen LogP contribution < -0.4 is 5.32 Å². The largest absolute Gasteiger partial charge is 0.387 e. The lowest BCUT2D eigenvalue weighted by atomic mass is 9.96. The van der Waals surface area contributed by atoms with Gasteiger partial charge in [0.05, 0.1) is 5.70 Å². The van der Waals surface area contributed by atoms with Gasteiger partial charge in [-0.15, -0.1) is 12.6 Å². The lowest BCUT2D eigenvalue weighted by Gasteiger charge is -2.23. The van der Waals surface area contributed by atoms with Gasteiger partial charge in [0.1, 0.15) is 0 Å². The molecule has 0 atom stereocenters. The summed E-state index contributed by atoms with van der Waals surface area (Å²) in [7, 11) is 1.92. The molecule has 0 bridgehead atoms. The highest BCUT2D eigenvalue weighted by Crippen LogP contribution is 2.34. The van der Waals surface area contributed by atoms with Crippen molar-refractivity contribution in [1.82, 2.24) is 5.32 Å². The Balaban J connectivity index is 2.79. The van der Waals surface area contributed by atoms with Crippen molar-refractivity contribution in [3.8, 4) is 0 Å². The molecule has 9 heavy (non-hydrogen) atoms. The Bertz CT molecular complexity index is 201. The summed E-state index contributed by atoms with van der Waals surface area (Å²) in [5.41, 5.74) is 3.83. The molecule has 0 saturated heterocycles. The van der Waals surface area contributed by atoms with E-state index in [4.69, 9.17) is 0 Å². The summed E-state index contributed by atoms with van der Waals surface area (Å²) >= 11 is 4.27. The second kappa shape index (κ2) is 2.10. The SMILES string of the molecule is CNC1=C(C)C(C)=C1S. The van der Waals surface area contributed by atoms with Crippen molar-refractivity contribution >= 4 is 12.6 Å². The summed E-state index contributed by atoms with van der Waals surface area (Å²) in [6, 6.07) is 0. The number of allylic oxidation sites excluding steroid dienone is 2. The highest BCUT2D eigenvalue weighted by molar-refractivity contribution is 7.85. The minimum Gasteiger partial charge on any atom is -0.387 e. The minimum absolute atomic E-state index is 1.11. The molecular weight excluding hydrogens is 130 g/mol. The van der Waals surface area contributed by atoms with Crippen molar-refractivity contribution in [2.24, 2.45) is 0 Å². The average molecular weight is 141 g/mol. The zero-order chi connectivity index (χ0) is 7.02. The van der Waals surface area contributed by atoms with Gasteiger partial charge in [0.2, 0.25) is 0 Å².